The molecule has 0 radical (unpaired) electrons. The molecule has 2 heterocycles. The Morgan fingerprint density at radius 1 is 1.50 bits per heavy atom. The van der Waals surface area contributed by atoms with Gasteiger partial charge in [-0.3, -0.25) is 4.79 Å². The van der Waals surface area contributed by atoms with E-state index in [2.05, 4.69) is 19.9 Å². The Morgan fingerprint density at radius 3 is 3.00 bits per heavy atom. The predicted molar refractivity (Wildman–Crippen MR) is 82.0 cm³/mol. The van der Waals surface area contributed by atoms with Crippen LogP contribution < -0.4 is 0 Å². The van der Waals surface area contributed by atoms with E-state index >= 15 is 0 Å². The molecule has 5 heteroatoms. The summed E-state index contributed by atoms with van der Waals surface area (Å²) < 4.78 is 11.7. The average Bonchev–Trinajstić information content (AvgIpc) is 3.05. The van der Waals surface area contributed by atoms with Crippen LogP contribution in [-0.4, -0.2) is 49.5 Å². The van der Waals surface area contributed by atoms with Gasteiger partial charge in [0.1, 0.15) is 12.2 Å². The maximum atomic E-state index is 12.4. The van der Waals surface area contributed by atoms with Gasteiger partial charge in [-0.25, -0.2) is 0 Å². The second-order valence-corrected chi connectivity index (χ2v) is 7.14. The molecule has 0 bridgehead atoms. The Hall–Kier alpha value is -0.910. The van der Waals surface area contributed by atoms with Gasteiger partial charge in [0.2, 0.25) is 0 Å². The zero-order chi connectivity index (χ0) is 15.9. The molecule has 2 saturated heterocycles. The van der Waals surface area contributed by atoms with E-state index in [1.54, 1.807) is 12.2 Å². The zero-order valence-electron chi connectivity index (χ0n) is 14.0. The van der Waals surface area contributed by atoms with Gasteiger partial charge < -0.3 is 14.3 Å². The normalized spacial score (nSPS) is 43.9. The van der Waals surface area contributed by atoms with Crippen molar-refractivity contribution < 1.29 is 19.1 Å². The van der Waals surface area contributed by atoms with Gasteiger partial charge in [-0.15, -0.1) is 0 Å². The van der Waals surface area contributed by atoms with Crippen LogP contribution in [0.5, 0.6) is 0 Å². The number of allylic oxidation sites excluding steroid dienone is 2. The van der Waals surface area contributed by atoms with Crippen molar-refractivity contribution in [2.24, 2.45) is 11.8 Å². The molecule has 0 saturated carbocycles. The molecule has 0 aromatic carbocycles. The summed E-state index contributed by atoms with van der Waals surface area (Å²) in [5.74, 6) is -0.0216. The Balaban J connectivity index is 1.81. The van der Waals surface area contributed by atoms with E-state index in [-0.39, 0.29) is 35.6 Å². The second-order valence-electron chi connectivity index (χ2n) is 7.14. The fraction of sp³-hybridized carbons (Fsp3) is 0.824. The summed E-state index contributed by atoms with van der Waals surface area (Å²) in [7, 11) is 3.47. The average molecular weight is 309 g/mol. The van der Waals surface area contributed by atoms with Crippen LogP contribution in [0.1, 0.15) is 39.5 Å². The maximum absolute atomic E-state index is 12.4. The van der Waals surface area contributed by atoms with Gasteiger partial charge in [-0.2, -0.15) is 5.06 Å². The number of nitrogens with zero attached hydrogens (tertiary/aromatic N) is 1. The monoisotopic (exact) mass is 309 g/mol. The summed E-state index contributed by atoms with van der Waals surface area (Å²) in [4.78, 5) is 17.6. The molecule has 0 aromatic rings. The highest BCUT2D eigenvalue weighted by atomic mass is 16.7. The third kappa shape index (κ3) is 2.94. The topological polar surface area (TPSA) is 51.3 Å². The lowest BCUT2D eigenvalue weighted by molar-refractivity contribution is -0.151. The SMILES string of the molecule is CON(C)C[C@@H]1C(=O)O[C@@H]2[C@H]1CC/C(C)=C/CC[C@@]1(C)O[C@@H]21. The third-order valence-electron chi connectivity index (χ3n) is 5.50. The Morgan fingerprint density at radius 2 is 2.27 bits per heavy atom. The number of esters is 1. The Kier molecular flexibility index (Phi) is 4.32. The lowest BCUT2D eigenvalue weighted by atomic mass is 9.80. The second kappa shape index (κ2) is 5.95. The zero-order valence-corrected chi connectivity index (χ0v) is 14.0. The largest absolute Gasteiger partial charge is 0.459 e. The first-order chi connectivity index (χ1) is 10.4. The van der Waals surface area contributed by atoms with Gasteiger partial charge in [0.25, 0.3) is 0 Å². The van der Waals surface area contributed by atoms with Crippen molar-refractivity contribution in [3.63, 3.8) is 0 Å². The molecule has 0 unspecified atom stereocenters. The highest BCUT2D eigenvalue weighted by molar-refractivity contribution is 5.75. The van der Waals surface area contributed by atoms with Crippen LogP contribution in [0.2, 0.25) is 0 Å². The summed E-state index contributed by atoms with van der Waals surface area (Å²) in [6.45, 7) is 4.89. The highest BCUT2D eigenvalue weighted by Gasteiger charge is 2.62. The van der Waals surface area contributed by atoms with Crippen molar-refractivity contribution in [1.29, 1.82) is 0 Å². The molecule has 0 N–H and O–H groups in total. The van der Waals surface area contributed by atoms with Crippen molar-refractivity contribution in [2.45, 2.75) is 57.3 Å². The molecule has 0 amide bonds. The van der Waals surface area contributed by atoms with E-state index < -0.39 is 0 Å². The van der Waals surface area contributed by atoms with Crippen molar-refractivity contribution in [3.8, 4) is 0 Å². The lowest BCUT2D eigenvalue weighted by Crippen LogP contribution is -2.34. The van der Waals surface area contributed by atoms with E-state index in [0.29, 0.717) is 6.54 Å². The number of hydroxylamine groups is 2. The molecule has 0 aromatic heterocycles. The number of fused-ring (bicyclic) bond motifs is 3. The molecule has 22 heavy (non-hydrogen) atoms. The van der Waals surface area contributed by atoms with Gasteiger partial charge in [0.05, 0.1) is 18.6 Å². The predicted octanol–water partition coefficient (Wildman–Crippen LogP) is 2.32. The summed E-state index contributed by atoms with van der Waals surface area (Å²) >= 11 is 0. The molecule has 2 aliphatic heterocycles. The van der Waals surface area contributed by atoms with Crippen molar-refractivity contribution in [2.75, 3.05) is 20.7 Å². The maximum Gasteiger partial charge on any atom is 0.311 e. The number of carbonyl (C=O) groups excluding carboxylic acids is 1. The third-order valence-corrected chi connectivity index (χ3v) is 5.50. The van der Waals surface area contributed by atoms with E-state index in [1.807, 2.05) is 7.05 Å². The molecule has 0 spiro atoms. The van der Waals surface area contributed by atoms with Gasteiger partial charge in [0.15, 0.2) is 0 Å². The number of hydrogen-bond donors (Lipinski definition) is 0. The molecule has 3 rings (SSSR count). The molecule has 1 aliphatic carbocycles. The Bertz CT molecular complexity index is 477. The van der Waals surface area contributed by atoms with Crippen LogP contribution in [0.15, 0.2) is 11.6 Å². The van der Waals surface area contributed by atoms with E-state index in [0.717, 1.165) is 25.7 Å². The van der Waals surface area contributed by atoms with Gasteiger partial charge in [-0.1, -0.05) is 11.6 Å². The number of hydrogen-bond acceptors (Lipinski definition) is 5. The Labute approximate surface area is 132 Å². The smallest absolute Gasteiger partial charge is 0.311 e. The molecule has 3 aliphatic rings. The van der Waals surface area contributed by atoms with Gasteiger partial charge >= 0.3 is 5.97 Å². The van der Waals surface area contributed by atoms with Crippen LogP contribution in [0, 0.1) is 11.8 Å². The van der Waals surface area contributed by atoms with Crippen LogP contribution in [0.4, 0.5) is 0 Å². The summed E-state index contributed by atoms with van der Waals surface area (Å²) in [6.07, 6.45) is 6.31. The van der Waals surface area contributed by atoms with Crippen LogP contribution >= 0.6 is 0 Å². The standard InChI is InChI=1S/C17H27NO4/c1-11-6-5-9-17(2)15(22-17)14-12(8-7-11)13(16(19)21-14)10-18(3)20-4/h6,12-15H,5,7-10H2,1-4H3/b11-6+/t12-,13-,14+,15-,17+/m0/s1. The van der Waals surface area contributed by atoms with Crippen LogP contribution in [-0.2, 0) is 19.1 Å². The van der Waals surface area contributed by atoms with Gasteiger partial charge in [-0.05, 0) is 39.5 Å². The van der Waals surface area contributed by atoms with Crippen LogP contribution in [0.25, 0.3) is 0 Å². The quantitative estimate of drug-likeness (QED) is 0.346. The van der Waals surface area contributed by atoms with Gasteiger partial charge in [0, 0.05) is 19.5 Å². The minimum atomic E-state index is -0.129. The minimum Gasteiger partial charge on any atom is -0.459 e. The number of ether oxygens (including phenoxy) is 2. The highest BCUT2D eigenvalue weighted by Crippen LogP contribution is 2.50. The first-order valence-corrected chi connectivity index (χ1v) is 8.24. The lowest BCUT2D eigenvalue weighted by Gasteiger charge is -2.24. The van der Waals surface area contributed by atoms with E-state index in [9.17, 15) is 4.79 Å². The van der Waals surface area contributed by atoms with Crippen LogP contribution in [0.3, 0.4) is 0 Å². The fourth-order valence-electron chi connectivity index (χ4n) is 3.90. The first-order valence-electron chi connectivity index (χ1n) is 8.24. The molecule has 124 valence electrons. The molecule has 5 atom stereocenters. The van der Waals surface area contributed by atoms with E-state index in [4.69, 9.17) is 14.3 Å². The van der Waals surface area contributed by atoms with Crippen molar-refractivity contribution in [3.05, 3.63) is 11.6 Å². The number of rotatable bonds is 3. The van der Waals surface area contributed by atoms with E-state index in [1.165, 1.54) is 5.57 Å². The fourth-order valence-corrected chi connectivity index (χ4v) is 3.90. The van der Waals surface area contributed by atoms with Crippen molar-refractivity contribution >= 4 is 5.97 Å². The number of epoxide rings is 1. The molecule has 5 nitrogen and oxygen atoms in total. The molecule has 2 fully saturated rings. The minimum absolute atomic E-state index is 0.0612. The molecular weight excluding hydrogens is 282 g/mol. The summed E-state index contributed by atoms with van der Waals surface area (Å²) in [5.41, 5.74) is 1.28. The molecular formula is C17H27NO4. The van der Waals surface area contributed by atoms with Crippen molar-refractivity contribution in [1.82, 2.24) is 5.06 Å². The number of carbonyl (C=O) groups is 1. The summed E-state index contributed by atoms with van der Waals surface area (Å²) in [5, 5.41) is 1.71. The summed E-state index contributed by atoms with van der Waals surface area (Å²) in [6, 6.07) is 0. The first kappa shape index (κ1) is 16.0.